The smallest absolute Gasteiger partial charge is 0.146 e. The highest BCUT2D eigenvalue weighted by Gasteiger charge is 2.47. The van der Waals surface area contributed by atoms with Crippen LogP contribution in [-0.4, -0.2) is 54.1 Å². The highest BCUT2D eigenvalue weighted by molar-refractivity contribution is 5.01. The van der Waals surface area contributed by atoms with Crippen molar-refractivity contribution in [3.8, 4) is 0 Å². The van der Waals surface area contributed by atoms with Crippen LogP contribution >= 0.6 is 0 Å². The fourth-order valence-electron chi connectivity index (χ4n) is 2.93. The Labute approximate surface area is 134 Å². The Kier molecular flexibility index (Phi) is 7.49. The zero-order chi connectivity index (χ0) is 16.8. The van der Waals surface area contributed by atoms with Gasteiger partial charge in [-0.25, -0.2) is 0 Å². The lowest BCUT2D eigenvalue weighted by atomic mass is 9.90. The van der Waals surface area contributed by atoms with E-state index >= 15 is 0 Å². The molecule has 0 amide bonds. The predicted octanol–water partition coefficient (Wildman–Crippen LogP) is 2.40. The molecule has 0 bridgehead atoms. The average molecular weight is 316 g/mol. The van der Waals surface area contributed by atoms with Gasteiger partial charge in [0.05, 0.1) is 30.0 Å². The van der Waals surface area contributed by atoms with Gasteiger partial charge in [0.2, 0.25) is 0 Å². The molecule has 1 aliphatic rings. The average Bonchev–Trinajstić information content (AvgIpc) is 2.82. The topological polar surface area (TPSA) is 68.2 Å². The van der Waals surface area contributed by atoms with Gasteiger partial charge in [-0.1, -0.05) is 11.6 Å². The van der Waals surface area contributed by atoms with E-state index in [4.69, 9.17) is 19.3 Å². The third-order valence-corrected chi connectivity index (χ3v) is 4.41. The van der Waals surface area contributed by atoms with Crippen LogP contribution in [0.15, 0.2) is 11.6 Å². The van der Waals surface area contributed by atoms with Crippen molar-refractivity contribution in [1.82, 2.24) is 0 Å². The van der Waals surface area contributed by atoms with Crippen LogP contribution in [0.5, 0.6) is 0 Å². The third-order valence-electron chi connectivity index (χ3n) is 4.41. The Morgan fingerprint density at radius 1 is 1.50 bits per heavy atom. The van der Waals surface area contributed by atoms with Crippen LogP contribution in [0.1, 0.15) is 53.4 Å². The first-order valence-corrected chi connectivity index (χ1v) is 8.00. The fraction of sp³-hybridized carbons (Fsp3) is 0.882. The molecule has 1 saturated heterocycles. The van der Waals surface area contributed by atoms with E-state index < -0.39 is 11.2 Å². The SMILES string of the molecule is COCO[C@H](CC/C(C)=C/CO)[C@]1(C)CC[C@H](C(C)(C)O)O1. The molecule has 0 aliphatic carbocycles. The van der Waals surface area contributed by atoms with Crippen LogP contribution in [0, 0.1) is 0 Å². The highest BCUT2D eigenvalue weighted by Crippen LogP contribution is 2.40. The van der Waals surface area contributed by atoms with Crippen molar-refractivity contribution in [2.24, 2.45) is 0 Å². The molecule has 0 unspecified atom stereocenters. The summed E-state index contributed by atoms with van der Waals surface area (Å²) >= 11 is 0. The van der Waals surface area contributed by atoms with Gasteiger partial charge in [0, 0.05) is 7.11 Å². The molecule has 5 heteroatoms. The summed E-state index contributed by atoms with van der Waals surface area (Å²) in [5.41, 5.74) is -0.145. The molecule has 0 radical (unpaired) electrons. The van der Waals surface area contributed by atoms with Crippen molar-refractivity contribution in [2.45, 2.75) is 76.8 Å². The van der Waals surface area contributed by atoms with Gasteiger partial charge in [-0.3, -0.25) is 0 Å². The minimum absolute atomic E-state index is 0.0595. The maximum absolute atomic E-state index is 10.2. The standard InChI is InChI=1S/C17H32O5/c1-13(9-11-18)6-7-15(21-12-20-5)17(4)10-8-14(22-17)16(2,3)19/h9,14-15,18-19H,6-8,10-12H2,1-5H3/b13-9+/t14-,15-,17+/m1/s1. The summed E-state index contributed by atoms with van der Waals surface area (Å²) in [5.74, 6) is 0. The van der Waals surface area contributed by atoms with Crippen molar-refractivity contribution in [1.29, 1.82) is 0 Å². The van der Waals surface area contributed by atoms with Gasteiger partial charge in [-0.2, -0.15) is 0 Å². The van der Waals surface area contributed by atoms with Crippen molar-refractivity contribution in [3.63, 3.8) is 0 Å². The normalized spacial score (nSPS) is 28.1. The zero-order valence-corrected chi connectivity index (χ0v) is 14.6. The monoisotopic (exact) mass is 316 g/mol. The lowest BCUT2D eigenvalue weighted by Gasteiger charge is -2.36. The maximum atomic E-state index is 10.2. The fourth-order valence-corrected chi connectivity index (χ4v) is 2.93. The van der Waals surface area contributed by atoms with Crippen LogP contribution in [0.3, 0.4) is 0 Å². The molecule has 3 atom stereocenters. The van der Waals surface area contributed by atoms with Crippen LogP contribution in [0.4, 0.5) is 0 Å². The lowest BCUT2D eigenvalue weighted by Crippen LogP contribution is -2.45. The molecule has 1 rings (SSSR count). The number of allylic oxidation sites excluding steroid dienone is 1. The Morgan fingerprint density at radius 2 is 2.18 bits per heavy atom. The van der Waals surface area contributed by atoms with Gasteiger partial charge in [0.25, 0.3) is 0 Å². The molecule has 1 fully saturated rings. The number of methoxy groups -OCH3 is 1. The number of hydrogen-bond donors (Lipinski definition) is 2. The van der Waals surface area contributed by atoms with Gasteiger partial charge in [-0.05, 0) is 53.4 Å². The van der Waals surface area contributed by atoms with Crippen LogP contribution < -0.4 is 0 Å². The summed E-state index contributed by atoms with van der Waals surface area (Å²) in [6, 6.07) is 0. The van der Waals surface area contributed by atoms with E-state index in [0.29, 0.717) is 0 Å². The second kappa shape index (κ2) is 8.41. The first-order valence-electron chi connectivity index (χ1n) is 8.00. The second-order valence-electron chi connectivity index (χ2n) is 6.95. The quantitative estimate of drug-likeness (QED) is 0.505. The lowest BCUT2D eigenvalue weighted by molar-refractivity contribution is -0.189. The number of aliphatic hydroxyl groups is 2. The van der Waals surface area contributed by atoms with E-state index in [1.807, 2.05) is 19.9 Å². The van der Waals surface area contributed by atoms with Crippen LogP contribution in [-0.2, 0) is 14.2 Å². The Hall–Kier alpha value is -0.460. The number of ether oxygens (including phenoxy) is 3. The molecule has 0 aromatic rings. The minimum atomic E-state index is -0.851. The summed E-state index contributed by atoms with van der Waals surface area (Å²) in [6.07, 6.45) is 4.81. The number of aliphatic hydroxyl groups excluding tert-OH is 1. The first kappa shape index (κ1) is 19.6. The molecule has 0 saturated carbocycles. The molecule has 2 N–H and O–H groups in total. The molecule has 130 valence electrons. The largest absolute Gasteiger partial charge is 0.392 e. The molecule has 0 spiro atoms. The molecule has 1 heterocycles. The molecule has 5 nitrogen and oxygen atoms in total. The number of hydrogen-bond acceptors (Lipinski definition) is 5. The molecule has 0 aromatic carbocycles. The third kappa shape index (κ3) is 5.63. The minimum Gasteiger partial charge on any atom is -0.392 e. The first-order chi connectivity index (χ1) is 10.2. The Bertz CT molecular complexity index is 361. The molecular formula is C17H32O5. The molecule has 0 aromatic heterocycles. The summed E-state index contributed by atoms with van der Waals surface area (Å²) in [5, 5.41) is 19.1. The van der Waals surface area contributed by atoms with Crippen molar-refractivity contribution in [3.05, 3.63) is 11.6 Å². The summed E-state index contributed by atoms with van der Waals surface area (Å²) < 4.78 is 17.1. The zero-order valence-electron chi connectivity index (χ0n) is 14.6. The maximum Gasteiger partial charge on any atom is 0.146 e. The predicted molar refractivity (Wildman–Crippen MR) is 85.6 cm³/mol. The van der Waals surface area contributed by atoms with Gasteiger partial charge in [-0.15, -0.1) is 0 Å². The molecule has 1 aliphatic heterocycles. The molecule has 22 heavy (non-hydrogen) atoms. The summed E-state index contributed by atoms with van der Waals surface area (Å²) in [6.45, 7) is 7.89. The van der Waals surface area contributed by atoms with Crippen molar-refractivity contribution in [2.75, 3.05) is 20.5 Å². The van der Waals surface area contributed by atoms with Crippen molar-refractivity contribution < 1.29 is 24.4 Å². The van der Waals surface area contributed by atoms with Crippen LogP contribution in [0.2, 0.25) is 0 Å². The Morgan fingerprint density at radius 3 is 2.68 bits per heavy atom. The van der Waals surface area contributed by atoms with E-state index in [9.17, 15) is 5.11 Å². The summed E-state index contributed by atoms with van der Waals surface area (Å²) in [7, 11) is 1.60. The van der Waals surface area contributed by atoms with Gasteiger partial charge in [0.15, 0.2) is 0 Å². The van der Waals surface area contributed by atoms with Crippen LogP contribution in [0.25, 0.3) is 0 Å². The van der Waals surface area contributed by atoms with E-state index in [1.54, 1.807) is 21.0 Å². The second-order valence-corrected chi connectivity index (χ2v) is 6.95. The Balaban J connectivity index is 2.72. The van der Waals surface area contributed by atoms with Crippen molar-refractivity contribution >= 4 is 0 Å². The van der Waals surface area contributed by atoms with Gasteiger partial charge in [0.1, 0.15) is 6.79 Å². The van der Waals surface area contributed by atoms with E-state index in [0.717, 1.165) is 31.3 Å². The van der Waals surface area contributed by atoms with E-state index in [-0.39, 0.29) is 25.6 Å². The van der Waals surface area contributed by atoms with Gasteiger partial charge >= 0.3 is 0 Å². The number of rotatable bonds is 9. The summed E-state index contributed by atoms with van der Waals surface area (Å²) in [4.78, 5) is 0. The van der Waals surface area contributed by atoms with E-state index in [2.05, 4.69) is 0 Å². The molecular weight excluding hydrogens is 284 g/mol. The van der Waals surface area contributed by atoms with E-state index in [1.165, 1.54) is 0 Å². The highest BCUT2D eigenvalue weighted by atomic mass is 16.7. The van der Waals surface area contributed by atoms with Gasteiger partial charge < -0.3 is 24.4 Å².